The van der Waals surface area contributed by atoms with Crippen molar-refractivity contribution in [1.82, 2.24) is 19.9 Å². The van der Waals surface area contributed by atoms with Gasteiger partial charge in [-0.25, -0.2) is 9.78 Å². The van der Waals surface area contributed by atoms with Gasteiger partial charge in [0, 0.05) is 16.7 Å². The molecule has 1 fully saturated rings. The number of nitrogens with one attached hydrogen (secondary N) is 1. The van der Waals surface area contributed by atoms with E-state index in [0.717, 1.165) is 16.2 Å². The molecule has 1 saturated heterocycles. The van der Waals surface area contributed by atoms with Crippen LogP contribution >= 0.6 is 60.3 Å². The summed E-state index contributed by atoms with van der Waals surface area (Å²) in [5, 5.41) is 19.3. The lowest BCUT2D eigenvalue weighted by molar-refractivity contribution is -0.765. The lowest BCUT2D eigenvalue weighted by atomic mass is 10.0. The third kappa shape index (κ3) is 8.44. The fraction of sp³-hybridized carbons (Fsp3) is 0.435. The van der Waals surface area contributed by atoms with Gasteiger partial charge in [-0.2, -0.15) is 0 Å². The zero-order valence-corrected chi connectivity index (χ0v) is 27.4. The summed E-state index contributed by atoms with van der Waals surface area (Å²) in [5.41, 5.74) is 10.8. The topological polar surface area (TPSA) is 211 Å². The Labute approximate surface area is 273 Å². The van der Waals surface area contributed by atoms with E-state index in [-0.39, 0.29) is 71.8 Å². The van der Waals surface area contributed by atoms with E-state index in [2.05, 4.69) is 15.5 Å². The Morgan fingerprint density at radius 2 is 1.93 bits per heavy atom. The summed E-state index contributed by atoms with van der Waals surface area (Å²) < 4.78 is 8.50. The van der Waals surface area contributed by atoms with Crippen molar-refractivity contribution in [2.24, 2.45) is 12.2 Å². The van der Waals surface area contributed by atoms with Crippen LogP contribution in [0.25, 0.3) is 0 Å². The van der Waals surface area contributed by atoms with Gasteiger partial charge in [-0.1, -0.05) is 5.16 Å². The minimum atomic E-state index is -1.50. The first kappa shape index (κ1) is 37.8. The summed E-state index contributed by atoms with van der Waals surface area (Å²) in [6.45, 7) is 4.67. The van der Waals surface area contributed by atoms with Gasteiger partial charge in [0.2, 0.25) is 6.61 Å². The van der Waals surface area contributed by atoms with Gasteiger partial charge >= 0.3 is 5.97 Å². The van der Waals surface area contributed by atoms with Crippen molar-refractivity contribution >= 4 is 101 Å². The van der Waals surface area contributed by atoms with Gasteiger partial charge in [-0.15, -0.1) is 69.7 Å². The first-order valence-electron chi connectivity index (χ1n) is 11.9. The number of anilines is 2. The molecule has 0 aromatic carbocycles. The highest BCUT2D eigenvalue weighted by atomic mass is 35.5. The number of carbonyl (C=O) groups excluding carboxylic acids is 4. The summed E-state index contributed by atoms with van der Waals surface area (Å²) in [6.07, 6.45) is 1.70. The molecule has 238 valence electrons. The number of oxime groups is 1. The van der Waals surface area contributed by atoms with E-state index in [1.807, 2.05) is 0 Å². The van der Waals surface area contributed by atoms with Gasteiger partial charge in [-0.3, -0.25) is 14.5 Å². The molecule has 0 aliphatic carbocycles. The number of ether oxygens (including phenoxy) is 1. The maximum Gasteiger partial charge on any atom is 0.347 e. The highest BCUT2D eigenvalue weighted by Gasteiger charge is 2.53. The zero-order valence-electron chi connectivity index (χ0n) is 23.3. The van der Waals surface area contributed by atoms with E-state index in [1.54, 1.807) is 49.4 Å². The summed E-state index contributed by atoms with van der Waals surface area (Å²) in [7, 11) is 1.72. The summed E-state index contributed by atoms with van der Waals surface area (Å²) in [5.74, 6) is -2.92. The minimum absolute atomic E-state index is 0. The Balaban J connectivity index is 0.00000308. The van der Waals surface area contributed by atoms with E-state index >= 15 is 0 Å². The lowest BCUT2D eigenvalue weighted by Crippen LogP contribution is -2.71. The standard InChI is InChI=1S/C23H28N8O7S2.3ClH/c1-23(2,3)38-14(32)8-37-28-15(12-10-40-22(25)26-12)18(33)27-16-19(34)31-17(21(35)36)11(9-39-20(16)31)7-30-6-5-13(24)29(30)4;;;/h5-6,10,16,20,24H,7-9H2,1-4H3,(H4,25,26,27,33,35,36);3*1H/t16-,20-;;;/m1.../s1. The number of halogens is 3. The molecule has 0 unspecified atom stereocenters. The van der Waals surface area contributed by atoms with Crippen molar-refractivity contribution in [3.05, 3.63) is 34.6 Å². The number of thioether (sulfide) groups is 1. The molecular formula is C23H31Cl3N8O7S2. The molecule has 4 rings (SSSR count). The number of carboxylic acid groups (broad SMARTS) is 1. The molecular weight excluding hydrogens is 671 g/mol. The monoisotopic (exact) mass is 700 g/mol. The summed E-state index contributed by atoms with van der Waals surface area (Å²) >= 11 is 2.34. The van der Waals surface area contributed by atoms with E-state index < -0.39 is 47.4 Å². The van der Waals surface area contributed by atoms with Gasteiger partial charge in [0.15, 0.2) is 29.4 Å². The second kappa shape index (κ2) is 15.0. The first-order chi connectivity index (χ1) is 18.8. The van der Waals surface area contributed by atoms with Gasteiger partial charge < -0.3 is 36.3 Å². The molecule has 2 aromatic heterocycles. The highest BCUT2D eigenvalue weighted by molar-refractivity contribution is 8.00. The SMILES string of the molecule is Cl.Cl.Cl.Cn1c(N)cc[n+]1CC1=C(C(=O)[O-])N2C(=O)[C@@H](NC(=O)C(=NOCC(=O)OC(C)(C)C)c3csc(N)n3)[C@H]2SC1. The third-order valence-electron chi connectivity index (χ3n) is 5.79. The minimum Gasteiger partial charge on any atom is -0.543 e. The molecule has 2 aliphatic heterocycles. The Kier molecular flexibility index (Phi) is 13.1. The van der Waals surface area contributed by atoms with E-state index in [1.165, 1.54) is 17.1 Å². The molecule has 2 amide bonds. The van der Waals surface area contributed by atoms with Gasteiger partial charge in [-0.05, 0) is 20.8 Å². The lowest BCUT2D eigenvalue weighted by Gasteiger charge is -2.50. The fourth-order valence-corrected chi connectivity index (χ4v) is 5.88. The number of hydrogen-bond donors (Lipinski definition) is 3. The number of carboxylic acids is 1. The number of nitrogen functional groups attached to an aromatic ring is 2. The van der Waals surface area contributed by atoms with Crippen LogP contribution in [0.15, 0.2) is 34.1 Å². The average molecular weight is 702 g/mol. The Hall–Kier alpha value is -3.25. The van der Waals surface area contributed by atoms with E-state index in [0.29, 0.717) is 11.4 Å². The van der Waals surface area contributed by atoms with E-state index in [4.69, 9.17) is 21.0 Å². The average Bonchev–Trinajstić information content (AvgIpc) is 3.43. The quantitative estimate of drug-likeness (QED) is 0.0985. The van der Waals surface area contributed by atoms with Gasteiger partial charge in [0.25, 0.3) is 11.8 Å². The van der Waals surface area contributed by atoms with Crippen LogP contribution in [0, 0.1) is 0 Å². The van der Waals surface area contributed by atoms with Crippen LogP contribution in [-0.4, -0.2) is 73.4 Å². The number of β-lactam (4-membered cyclic amide) rings is 1. The first-order valence-corrected chi connectivity index (χ1v) is 13.8. The second-order valence-electron chi connectivity index (χ2n) is 9.83. The number of aromatic nitrogens is 3. The maximum absolute atomic E-state index is 13.2. The van der Waals surface area contributed by atoms with Crippen LogP contribution in [0.2, 0.25) is 0 Å². The summed E-state index contributed by atoms with van der Waals surface area (Å²) in [4.78, 5) is 60.5. The predicted octanol–water partition coefficient (Wildman–Crippen LogP) is -0.635. The van der Waals surface area contributed by atoms with Crippen molar-refractivity contribution in [1.29, 1.82) is 0 Å². The molecule has 2 aromatic rings. The summed E-state index contributed by atoms with van der Waals surface area (Å²) in [6, 6.07) is 0.615. The number of rotatable bonds is 9. The van der Waals surface area contributed by atoms with E-state index in [9.17, 15) is 24.3 Å². The molecule has 4 heterocycles. The molecule has 15 nitrogen and oxygen atoms in total. The molecule has 0 spiro atoms. The molecule has 2 aliphatic rings. The van der Waals surface area contributed by atoms with Crippen LogP contribution in [0.5, 0.6) is 0 Å². The Bertz CT molecular complexity index is 1440. The number of amides is 2. The van der Waals surface area contributed by atoms with Crippen LogP contribution in [-0.2, 0) is 42.3 Å². The van der Waals surface area contributed by atoms with Crippen molar-refractivity contribution in [3.8, 4) is 0 Å². The number of aliphatic carboxylic acids is 1. The van der Waals surface area contributed by atoms with Crippen LogP contribution < -0.4 is 26.6 Å². The molecule has 0 bridgehead atoms. The van der Waals surface area contributed by atoms with Crippen LogP contribution in [0.3, 0.4) is 0 Å². The number of carbonyl (C=O) groups is 4. The Morgan fingerprint density at radius 3 is 2.47 bits per heavy atom. The molecule has 0 radical (unpaired) electrons. The number of thiazole rings is 1. The molecule has 2 atom stereocenters. The molecule has 43 heavy (non-hydrogen) atoms. The number of nitrogens with zero attached hydrogens (tertiary/aromatic N) is 5. The number of hydrogen-bond acceptors (Lipinski definition) is 13. The Morgan fingerprint density at radius 1 is 1.26 bits per heavy atom. The van der Waals surface area contributed by atoms with Crippen molar-refractivity contribution in [2.75, 3.05) is 23.8 Å². The second-order valence-corrected chi connectivity index (χ2v) is 11.8. The smallest absolute Gasteiger partial charge is 0.347 e. The maximum atomic E-state index is 13.2. The predicted molar refractivity (Wildman–Crippen MR) is 164 cm³/mol. The highest BCUT2D eigenvalue weighted by Crippen LogP contribution is 2.40. The van der Waals surface area contributed by atoms with Crippen LogP contribution in [0.1, 0.15) is 26.5 Å². The van der Waals surface area contributed by atoms with Crippen molar-refractivity contribution in [3.63, 3.8) is 0 Å². The fourth-order valence-electron chi connectivity index (χ4n) is 4.00. The van der Waals surface area contributed by atoms with Crippen molar-refractivity contribution in [2.45, 2.75) is 44.3 Å². The molecule has 20 heteroatoms. The molecule has 0 saturated carbocycles. The zero-order chi connectivity index (χ0) is 29.4. The van der Waals surface area contributed by atoms with Gasteiger partial charge in [0.1, 0.15) is 22.7 Å². The van der Waals surface area contributed by atoms with Crippen molar-refractivity contribution < 1.29 is 38.5 Å². The normalized spacial score (nSPS) is 17.8. The van der Waals surface area contributed by atoms with Crippen LogP contribution in [0.4, 0.5) is 10.9 Å². The number of fused-ring (bicyclic) bond motifs is 1. The largest absolute Gasteiger partial charge is 0.543 e. The number of nitrogens with two attached hydrogens (primary N) is 2. The molecule has 5 N–H and O–H groups in total. The van der Waals surface area contributed by atoms with Gasteiger partial charge in [0.05, 0.1) is 24.8 Å². The number of esters is 1. The third-order valence-corrected chi connectivity index (χ3v) is 7.81.